The van der Waals surface area contributed by atoms with Crippen LogP contribution >= 0.6 is 11.6 Å². The first-order chi connectivity index (χ1) is 11.1. The highest BCUT2D eigenvalue weighted by atomic mass is 35.5. The first-order valence-corrected chi connectivity index (χ1v) is 7.82. The highest BCUT2D eigenvalue weighted by Crippen LogP contribution is 2.33. The normalized spacial score (nSPS) is 21.5. The van der Waals surface area contributed by atoms with Crippen molar-refractivity contribution in [2.45, 2.75) is 32.0 Å². The average molecular weight is 332 g/mol. The summed E-state index contributed by atoms with van der Waals surface area (Å²) < 4.78 is 5.52. The molecule has 0 bridgehead atoms. The van der Waals surface area contributed by atoms with Gasteiger partial charge in [0.25, 0.3) is 0 Å². The van der Waals surface area contributed by atoms with Crippen molar-refractivity contribution in [2.24, 2.45) is 0 Å². The molecule has 2 heterocycles. The predicted molar refractivity (Wildman–Crippen MR) is 85.9 cm³/mol. The molecule has 3 rings (SSSR count). The molecule has 1 saturated heterocycles. The van der Waals surface area contributed by atoms with Gasteiger partial charge in [-0.25, -0.2) is 4.98 Å². The molecule has 6 nitrogen and oxygen atoms in total. The van der Waals surface area contributed by atoms with Crippen molar-refractivity contribution in [3.63, 3.8) is 0 Å². The van der Waals surface area contributed by atoms with Crippen molar-refractivity contribution >= 4 is 11.6 Å². The Morgan fingerprint density at radius 3 is 3.00 bits per heavy atom. The molecule has 1 fully saturated rings. The zero-order valence-corrected chi connectivity index (χ0v) is 13.8. The number of methoxy groups -OCH3 is 1. The molecule has 120 valence electrons. The van der Waals surface area contributed by atoms with Gasteiger partial charge >= 0.3 is 0 Å². The van der Waals surface area contributed by atoms with Gasteiger partial charge in [-0.3, -0.25) is 10.00 Å². The summed E-state index contributed by atoms with van der Waals surface area (Å²) >= 11 is 5.98. The molecule has 1 aliphatic heterocycles. The largest absolute Gasteiger partial charge is 0.380 e. The molecular weight excluding hydrogens is 314 g/mol. The van der Waals surface area contributed by atoms with E-state index in [9.17, 15) is 5.26 Å². The van der Waals surface area contributed by atoms with E-state index in [0.29, 0.717) is 17.1 Å². The predicted octanol–water partition coefficient (Wildman–Crippen LogP) is 2.60. The quantitative estimate of drug-likeness (QED) is 0.931. The molecule has 23 heavy (non-hydrogen) atoms. The lowest BCUT2D eigenvalue weighted by molar-refractivity contribution is 0.107. The number of hydrogen-bond acceptors (Lipinski definition) is 5. The number of aryl methyl sites for hydroxylation is 1. The smallest absolute Gasteiger partial charge is 0.167 e. The number of H-pyrrole nitrogens is 1. The van der Waals surface area contributed by atoms with E-state index in [1.807, 2.05) is 19.1 Å². The van der Waals surface area contributed by atoms with Crippen molar-refractivity contribution in [1.29, 1.82) is 5.26 Å². The maximum atomic E-state index is 9.32. The van der Waals surface area contributed by atoms with E-state index in [4.69, 9.17) is 16.3 Å². The van der Waals surface area contributed by atoms with Gasteiger partial charge in [0.1, 0.15) is 5.82 Å². The van der Waals surface area contributed by atoms with Crippen LogP contribution in [0.15, 0.2) is 18.2 Å². The number of nitriles is 1. The summed E-state index contributed by atoms with van der Waals surface area (Å²) in [4.78, 5) is 6.71. The van der Waals surface area contributed by atoms with Crippen molar-refractivity contribution in [3.05, 3.63) is 46.0 Å². The molecule has 0 aliphatic carbocycles. The van der Waals surface area contributed by atoms with Crippen LogP contribution in [0.4, 0.5) is 0 Å². The van der Waals surface area contributed by atoms with Crippen LogP contribution in [0.25, 0.3) is 0 Å². The van der Waals surface area contributed by atoms with E-state index in [0.717, 1.165) is 30.2 Å². The van der Waals surface area contributed by atoms with Crippen LogP contribution < -0.4 is 0 Å². The van der Waals surface area contributed by atoms with Gasteiger partial charge in [0.15, 0.2) is 5.82 Å². The maximum Gasteiger partial charge on any atom is 0.167 e. The van der Waals surface area contributed by atoms with E-state index in [-0.39, 0.29) is 12.1 Å². The second-order valence-electron chi connectivity index (χ2n) is 5.73. The summed E-state index contributed by atoms with van der Waals surface area (Å²) in [5.74, 6) is 1.57. The van der Waals surface area contributed by atoms with Crippen LogP contribution in [-0.2, 0) is 11.3 Å². The van der Waals surface area contributed by atoms with Gasteiger partial charge in [-0.15, -0.1) is 0 Å². The molecule has 2 aromatic rings. The fourth-order valence-electron chi connectivity index (χ4n) is 2.99. The van der Waals surface area contributed by atoms with Crippen molar-refractivity contribution in [2.75, 3.05) is 13.7 Å². The molecular formula is C16H18ClN5O. The van der Waals surface area contributed by atoms with E-state index in [2.05, 4.69) is 26.2 Å². The molecule has 0 amide bonds. The average Bonchev–Trinajstić information content (AvgIpc) is 3.15. The van der Waals surface area contributed by atoms with Gasteiger partial charge in [0, 0.05) is 25.2 Å². The number of aromatic nitrogens is 3. The highest BCUT2D eigenvalue weighted by molar-refractivity contribution is 6.30. The summed E-state index contributed by atoms with van der Waals surface area (Å²) in [6, 6.07) is 7.71. The molecule has 1 aliphatic rings. The van der Waals surface area contributed by atoms with Gasteiger partial charge in [-0.1, -0.05) is 17.7 Å². The fraction of sp³-hybridized carbons (Fsp3) is 0.438. The molecule has 1 N–H and O–H groups in total. The van der Waals surface area contributed by atoms with Crippen molar-refractivity contribution in [1.82, 2.24) is 20.1 Å². The van der Waals surface area contributed by atoms with Crippen LogP contribution in [0.2, 0.25) is 5.02 Å². The topological polar surface area (TPSA) is 77.8 Å². The minimum atomic E-state index is 0.0760. The minimum absolute atomic E-state index is 0.0760. The molecule has 1 aromatic carbocycles. The number of likely N-dealkylation sites (tertiary alicyclic amines) is 1. The zero-order valence-electron chi connectivity index (χ0n) is 13.1. The van der Waals surface area contributed by atoms with Gasteiger partial charge in [-0.2, -0.15) is 10.4 Å². The summed E-state index contributed by atoms with van der Waals surface area (Å²) in [6.45, 7) is 3.30. The Morgan fingerprint density at radius 2 is 2.35 bits per heavy atom. The third kappa shape index (κ3) is 3.37. The van der Waals surface area contributed by atoms with Crippen LogP contribution in [0.3, 0.4) is 0 Å². The van der Waals surface area contributed by atoms with Gasteiger partial charge in [0.2, 0.25) is 0 Å². The van der Waals surface area contributed by atoms with Crippen LogP contribution in [0, 0.1) is 18.3 Å². The molecule has 0 unspecified atom stereocenters. The number of halogens is 1. The zero-order chi connectivity index (χ0) is 16.4. The van der Waals surface area contributed by atoms with Gasteiger partial charge < -0.3 is 4.74 Å². The Balaban J connectivity index is 1.86. The second-order valence-corrected chi connectivity index (χ2v) is 6.17. The van der Waals surface area contributed by atoms with Gasteiger partial charge in [0.05, 0.1) is 23.8 Å². The number of aromatic amines is 1. The highest BCUT2D eigenvalue weighted by Gasteiger charge is 2.35. The molecule has 7 heteroatoms. The molecule has 0 spiro atoms. The van der Waals surface area contributed by atoms with E-state index in [1.54, 1.807) is 13.2 Å². The first-order valence-electron chi connectivity index (χ1n) is 7.45. The standard InChI is InChI=1S/C16H18ClN5O/c1-10-19-16(21-20-10)15-6-14(23-2)9-22(15)8-11-3-4-13(17)5-12(11)7-18/h3-5,14-15H,6,8-9H2,1-2H3,(H,19,20,21)/t14-,15+/m1/s1. The van der Waals surface area contributed by atoms with E-state index in [1.165, 1.54) is 0 Å². The lowest BCUT2D eigenvalue weighted by atomic mass is 10.1. The number of benzene rings is 1. The van der Waals surface area contributed by atoms with Crippen LogP contribution in [0.1, 0.15) is 35.2 Å². The summed E-state index contributed by atoms with van der Waals surface area (Å²) in [5, 5.41) is 17.1. The Kier molecular flexibility index (Phi) is 4.62. The summed E-state index contributed by atoms with van der Waals surface area (Å²) in [7, 11) is 1.72. The molecule has 2 atom stereocenters. The molecule has 1 aromatic heterocycles. The van der Waals surface area contributed by atoms with Crippen LogP contribution in [-0.4, -0.2) is 39.8 Å². The Hall–Kier alpha value is -1.94. The minimum Gasteiger partial charge on any atom is -0.380 e. The number of nitrogens with zero attached hydrogens (tertiary/aromatic N) is 4. The molecule has 0 radical (unpaired) electrons. The monoisotopic (exact) mass is 331 g/mol. The first kappa shape index (κ1) is 15.9. The Bertz CT molecular complexity index is 738. The summed E-state index contributed by atoms with van der Waals surface area (Å²) in [6.07, 6.45) is 0.972. The second kappa shape index (κ2) is 6.67. The van der Waals surface area contributed by atoms with E-state index < -0.39 is 0 Å². The van der Waals surface area contributed by atoms with Crippen LogP contribution in [0.5, 0.6) is 0 Å². The van der Waals surface area contributed by atoms with E-state index >= 15 is 0 Å². The fourth-order valence-corrected chi connectivity index (χ4v) is 3.17. The third-order valence-corrected chi connectivity index (χ3v) is 4.41. The number of rotatable bonds is 4. The maximum absolute atomic E-state index is 9.32. The van der Waals surface area contributed by atoms with Crippen molar-refractivity contribution in [3.8, 4) is 6.07 Å². The SMILES string of the molecule is CO[C@@H]1C[C@@H](c2n[nH]c(C)n2)N(Cc2ccc(Cl)cc2C#N)C1. The summed E-state index contributed by atoms with van der Waals surface area (Å²) in [5.41, 5.74) is 1.55. The Labute approximate surface area is 140 Å². The lowest BCUT2D eigenvalue weighted by Gasteiger charge is -2.22. The Morgan fingerprint density at radius 1 is 1.52 bits per heavy atom. The third-order valence-electron chi connectivity index (χ3n) is 4.18. The molecule has 0 saturated carbocycles. The lowest BCUT2D eigenvalue weighted by Crippen LogP contribution is -2.25. The van der Waals surface area contributed by atoms with Crippen molar-refractivity contribution < 1.29 is 4.74 Å². The van der Waals surface area contributed by atoms with Gasteiger partial charge in [-0.05, 0) is 31.0 Å². The number of nitrogens with one attached hydrogen (secondary N) is 1. The number of hydrogen-bond donors (Lipinski definition) is 1. The number of ether oxygens (including phenoxy) is 1.